The van der Waals surface area contributed by atoms with Crippen molar-refractivity contribution in [2.24, 2.45) is 5.92 Å². The number of piperidine rings is 1. The number of hydrogen-bond acceptors (Lipinski definition) is 4. The highest BCUT2D eigenvalue weighted by Crippen LogP contribution is 2.35. The summed E-state index contributed by atoms with van der Waals surface area (Å²) in [6, 6.07) is 13.4. The SMILES string of the molecule is CC(=O)N1c2ccc(S(=O)(=O)N3CCC(C(=O)N[C@@H]4CCCc5ccccc54)CC3)cc2C[C@H]1C. The Bertz CT molecular complexity index is 1250. The Morgan fingerprint density at radius 3 is 2.49 bits per heavy atom. The summed E-state index contributed by atoms with van der Waals surface area (Å²) in [5.41, 5.74) is 4.20. The van der Waals surface area contributed by atoms with Crippen LogP contribution in [0, 0.1) is 5.92 Å². The first-order chi connectivity index (χ1) is 16.8. The van der Waals surface area contributed by atoms with Gasteiger partial charge in [0.2, 0.25) is 21.8 Å². The number of hydrogen-bond donors (Lipinski definition) is 1. The van der Waals surface area contributed by atoms with Crippen LogP contribution in [0.1, 0.15) is 62.3 Å². The molecule has 3 aliphatic rings. The van der Waals surface area contributed by atoms with E-state index in [9.17, 15) is 18.0 Å². The van der Waals surface area contributed by atoms with E-state index in [4.69, 9.17) is 0 Å². The first-order valence-electron chi connectivity index (χ1n) is 12.6. The van der Waals surface area contributed by atoms with Crippen molar-refractivity contribution in [2.75, 3.05) is 18.0 Å². The van der Waals surface area contributed by atoms with E-state index >= 15 is 0 Å². The van der Waals surface area contributed by atoms with E-state index in [0.29, 0.717) is 32.4 Å². The van der Waals surface area contributed by atoms with E-state index in [0.717, 1.165) is 30.5 Å². The molecule has 2 aromatic rings. The average Bonchev–Trinajstić information content (AvgIpc) is 3.19. The summed E-state index contributed by atoms with van der Waals surface area (Å²) in [4.78, 5) is 27.0. The molecule has 0 saturated carbocycles. The lowest BCUT2D eigenvalue weighted by Gasteiger charge is -2.33. The number of rotatable bonds is 4. The number of fused-ring (bicyclic) bond motifs is 2. The molecule has 2 aliphatic heterocycles. The van der Waals surface area contributed by atoms with Gasteiger partial charge < -0.3 is 10.2 Å². The first kappa shape index (κ1) is 24.0. The molecule has 1 aliphatic carbocycles. The molecule has 1 saturated heterocycles. The minimum Gasteiger partial charge on any atom is -0.349 e. The van der Waals surface area contributed by atoms with Crippen molar-refractivity contribution in [3.63, 3.8) is 0 Å². The second-order valence-electron chi connectivity index (χ2n) is 10.1. The number of carbonyl (C=O) groups excluding carboxylic acids is 2. The lowest BCUT2D eigenvalue weighted by Crippen LogP contribution is -2.44. The topological polar surface area (TPSA) is 86.8 Å². The molecule has 0 unspecified atom stereocenters. The summed E-state index contributed by atoms with van der Waals surface area (Å²) in [6.07, 6.45) is 4.72. The number of amides is 2. The molecule has 8 heteroatoms. The fourth-order valence-electron chi connectivity index (χ4n) is 5.95. The van der Waals surface area contributed by atoms with E-state index in [1.807, 2.05) is 19.1 Å². The fraction of sp³-hybridized carbons (Fsp3) is 0.481. The van der Waals surface area contributed by atoms with Crippen LogP contribution in [0.3, 0.4) is 0 Å². The molecule has 1 fully saturated rings. The van der Waals surface area contributed by atoms with Crippen LogP contribution in [0.4, 0.5) is 5.69 Å². The molecule has 2 amide bonds. The second-order valence-corrected chi connectivity index (χ2v) is 12.0. The highest BCUT2D eigenvalue weighted by Gasteiger charge is 2.35. The summed E-state index contributed by atoms with van der Waals surface area (Å²) in [6.45, 7) is 4.16. The van der Waals surface area contributed by atoms with Gasteiger partial charge in [-0.1, -0.05) is 24.3 Å². The third-order valence-corrected chi connectivity index (χ3v) is 9.65. The van der Waals surface area contributed by atoms with Gasteiger partial charge in [-0.15, -0.1) is 0 Å². The highest BCUT2D eigenvalue weighted by molar-refractivity contribution is 7.89. The smallest absolute Gasteiger partial charge is 0.243 e. The zero-order chi connectivity index (χ0) is 24.7. The molecule has 0 aromatic heterocycles. The van der Waals surface area contributed by atoms with Crippen molar-refractivity contribution < 1.29 is 18.0 Å². The predicted octanol–water partition coefficient (Wildman–Crippen LogP) is 3.58. The van der Waals surface area contributed by atoms with Crippen molar-refractivity contribution >= 4 is 27.5 Å². The van der Waals surface area contributed by atoms with Crippen LogP contribution in [0.5, 0.6) is 0 Å². The van der Waals surface area contributed by atoms with Crippen LogP contribution in [-0.2, 0) is 32.5 Å². The van der Waals surface area contributed by atoms with E-state index in [-0.39, 0.29) is 34.7 Å². The number of anilines is 1. The third-order valence-electron chi connectivity index (χ3n) is 7.75. The summed E-state index contributed by atoms with van der Waals surface area (Å²) >= 11 is 0. The van der Waals surface area contributed by atoms with E-state index < -0.39 is 10.0 Å². The van der Waals surface area contributed by atoms with Crippen molar-refractivity contribution in [3.05, 3.63) is 59.2 Å². The molecule has 186 valence electrons. The zero-order valence-electron chi connectivity index (χ0n) is 20.4. The number of sulfonamides is 1. The molecular weight excluding hydrogens is 462 g/mol. The Kier molecular flexibility index (Phi) is 6.44. The maximum absolute atomic E-state index is 13.4. The first-order valence-corrected chi connectivity index (χ1v) is 14.0. The number of nitrogens with one attached hydrogen (secondary N) is 1. The van der Waals surface area contributed by atoms with Crippen molar-refractivity contribution in [1.82, 2.24) is 9.62 Å². The molecule has 2 aromatic carbocycles. The van der Waals surface area contributed by atoms with Crippen LogP contribution in [0.15, 0.2) is 47.4 Å². The Labute approximate surface area is 207 Å². The van der Waals surface area contributed by atoms with Gasteiger partial charge in [0.1, 0.15) is 0 Å². The highest BCUT2D eigenvalue weighted by atomic mass is 32.2. The minimum atomic E-state index is -3.66. The van der Waals surface area contributed by atoms with Crippen molar-refractivity contribution in [1.29, 1.82) is 0 Å². The van der Waals surface area contributed by atoms with Gasteiger partial charge in [0.25, 0.3) is 0 Å². The van der Waals surface area contributed by atoms with Crippen LogP contribution >= 0.6 is 0 Å². The third kappa shape index (κ3) is 4.49. The van der Waals surface area contributed by atoms with Gasteiger partial charge in [0, 0.05) is 37.7 Å². The molecular formula is C27H33N3O4S. The maximum atomic E-state index is 13.4. The fourth-order valence-corrected chi connectivity index (χ4v) is 7.47. The molecule has 0 radical (unpaired) electrons. The minimum absolute atomic E-state index is 0.0193. The molecule has 2 heterocycles. The number of nitrogens with zero attached hydrogens (tertiary/aromatic N) is 2. The quantitative estimate of drug-likeness (QED) is 0.703. The Morgan fingerprint density at radius 2 is 1.74 bits per heavy atom. The molecule has 7 nitrogen and oxygen atoms in total. The molecule has 0 bridgehead atoms. The molecule has 1 N–H and O–H groups in total. The molecule has 35 heavy (non-hydrogen) atoms. The van der Waals surface area contributed by atoms with Gasteiger partial charge in [-0.3, -0.25) is 9.59 Å². The van der Waals surface area contributed by atoms with Gasteiger partial charge >= 0.3 is 0 Å². The lowest BCUT2D eigenvalue weighted by molar-refractivity contribution is -0.127. The summed E-state index contributed by atoms with van der Waals surface area (Å²) in [5.74, 6) is -0.191. The van der Waals surface area contributed by atoms with E-state index in [2.05, 4.69) is 17.4 Å². The molecule has 2 atom stereocenters. The average molecular weight is 496 g/mol. The zero-order valence-corrected chi connectivity index (χ0v) is 21.2. The van der Waals surface area contributed by atoms with E-state index in [1.54, 1.807) is 23.1 Å². The normalized spacial score (nSPS) is 23.0. The Morgan fingerprint density at radius 1 is 1.00 bits per heavy atom. The van der Waals surface area contributed by atoms with Crippen molar-refractivity contribution in [3.8, 4) is 0 Å². The van der Waals surface area contributed by atoms with Gasteiger partial charge in [-0.05, 0) is 80.3 Å². The lowest BCUT2D eigenvalue weighted by atomic mass is 9.87. The monoisotopic (exact) mass is 495 g/mol. The summed E-state index contributed by atoms with van der Waals surface area (Å²) < 4.78 is 28.2. The predicted molar refractivity (Wildman–Crippen MR) is 135 cm³/mol. The standard InChI is InChI=1S/C27H33N3O4S/c1-18-16-22-17-23(10-11-26(22)30(18)19(2)31)35(33,34)29-14-12-21(13-15-29)27(32)28-25-9-5-7-20-6-3-4-8-24(20)25/h3-4,6,8,10-11,17-18,21,25H,5,7,9,12-16H2,1-2H3,(H,28,32)/t18-,25-/m1/s1. The molecule has 5 rings (SSSR count). The number of carbonyl (C=O) groups is 2. The van der Waals surface area contributed by atoms with E-state index in [1.165, 1.54) is 22.4 Å². The Hall–Kier alpha value is -2.71. The maximum Gasteiger partial charge on any atom is 0.243 e. The van der Waals surface area contributed by atoms with Gasteiger partial charge in [0.15, 0.2) is 0 Å². The van der Waals surface area contributed by atoms with Crippen molar-refractivity contribution in [2.45, 2.75) is 69.4 Å². The Balaban J connectivity index is 1.23. The summed E-state index contributed by atoms with van der Waals surface area (Å²) in [7, 11) is -3.66. The van der Waals surface area contributed by atoms with Crippen LogP contribution in [0.25, 0.3) is 0 Å². The van der Waals surface area contributed by atoms with Gasteiger partial charge in [-0.25, -0.2) is 8.42 Å². The van der Waals surface area contributed by atoms with Crippen LogP contribution < -0.4 is 10.2 Å². The van der Waals surface area contributed by atoms with Crippen LogP contribution in [-0.4, -0.2) is 43.7 Å². The molecule has 0 spiro atoms. The summed E-state index contributed by atoms with van der Waals surface area (Å²) in [5, 5.41) is 3.24. The number of benzene rings is 2. The van der Waals surface area contributed by atoms with Crippen LogP contribution in [0.2, 0.25) is 0 Å². The van der Waals surface area contributed by atoms with Gasteiger partial charge in [-0.2, -0.15) is 4.31 Å². The second kappa shape index (κ2) is 9.39. The number of aryl methyl sites for hydroxylation is 1. The largest absolute Gasteiger partial charge is 0.349 e. The van der Waals surface area contributed by atoms with Gasteiger partial charge in [0.05, 0.1) is 10.9 Å².